The maximum atomic E-state index is 5.89. The predicted molar refractivity (Wildman–Crippen MR) is 78.6 cm³/mol. The van der Waals surface area contributed by atoms with Crippen LogP contribution >= 0.6 is 0 Å². The van der Waals surface area contributed by atoms with Crippen LogP contribution in [-0.2, 0) is 6.61 Å². The summed E-state index contributed by atoms with van der Waals surface area (Å²) in [5, 5.41) is 9.11. The summed E-state index contributed by atoms with van der Waals surface area (Å²) in [4.78, 5) is 0. The molecule has 108 valence electrons. The minimum atomic E-state index is 0.397. The van der Waals surface area contributed by atoms with E-state index in [1.54, 1.807) is 11.3 Å². The van der Waals surface area contributed by atoms with Crippen molar-refractivity contribution in [3.05, 3.63) is 59.6 Å². The van der Waals surface area contributed by atoms with E-state index in [1.165, 1.54) is 0 Å². The van der Waals surface area contributed by atoms with Crippen molar-refractivity contribution in [3.63, 3.8) is 0 Å². The monoisotopic (exact) mass is 284 g/mol. The molecular formula is C15H16N4O2. The summed E-state index contributed by atoms with van der Waals surface area (Å²) in [5.41, 5.74) is 5.75. The molecule has 1 aliphatic heterocycles. The van der Waals surface area contributed by atoms with Crippen LogP contribution in [0.1, 0.15) is 16.7 Å². The van der Waals surface area contributed by atoms with E-state index in [9.17, 15) is 0 Å². The van der Waals surface area contributed by atoms with Gasteiger partial charge in [0.2, 0.25) is 5.88 Å². The smallest absolute Gasteiger partial charge is 0.228 e. The molecule has 0 bridgehead atoms. The van der Waals surface area contributed by atoms with Crippen LogP contribution in [0.15, 0.2) is 57.7 Å². The molecule has 1 aliphatic rings. The first-order valence-corrected chi connectivity index (χ1v) is 6.57. The first-order chi connectivity index (χ1) is 10.2. The van der Waals surface area contributed by atoms with Crippen LogP contribution < -0.4 is 15.3 Å². The van der Waals surface area contributed by atoms with Crippen molar-refractivity contribution in [2.45, 2.75) is 20.5 Å². The second-order valence-electron chi connectivity index (χ2n) is 4.81. The second kappa shape index (κ2) is 5.32. The molecule has 21 heavy (non-hydrogen) atoms. The van der Waals surface area contributed by atoms with Gasteiger partial charge in [-0.1, -0.05) is 30.0 Å². The normalized spacial score (nSPS) is 13.6. The van der Waals surface area contributed by atoms with Gasteiger partial charge >= 0.3 is 0 Å². The number of hydrazine groups is 1. The molecule has 0 aliphatic carbocycles. The van der Waals surface area contributed by atoms with Gasteiger partial charge in [0, 0.05) is 0 Å². The Bertz CT molecular complexity index is 705. The molecule has 0 radical (unpaired) electrons. The molecule has 2 heterocycles. The Morgan fingerprint density at radius 1 is 1.29 bits per heavy atom. The van der Waals surface area contributed by atoms with Gasteiger partial charge in [0.05, 0.1) is 11.8 Å². The number of rotatable bonds is 4. The van der Waals surface area contributed by atoms with Gasteiger partial charge < -0.3 is 9.15 Å². The fourth-order valence-electron chi connectivity index (χ4n) is 2.08. The highest BCUT2D eigenvalue weighted by molar-refractivity contribution is 5.51. The van der Waals surface area contributed by atoms with E-state index < -0.39 is 0 Å². The van der Waals surface area contributed by atoms with Crippen molar-refractivity contribution in [1.29, 1.82) is 0 Å². The maximum absolute atomic E-state index is 5.89. The minimum Gasteiger partial charge on any atom is -0.488 e. The number of nitrogens with one attached hydrogen (secondary N) is 1. The first kappa shape index (κ1) is 13.2. The highest BCUT2D eigenvalue weighted by Gasteiger charge is 2.23. The molecule has 6 heteroatoms. The summed E-state index contributed by atoms with van der Waals surface area (Å²) in [6, 6.07) is 7.90. The average molecular weight is 284 g/mol. The topological polar surface area (TPSA) is 62.4 Å². The van der Waals surface area contributed by atoms with Crippen molar-refractivity contribution in [2.24, 2.45) is 10.3 Å². The minimum absolute atomic E-state index is 0.397. The lowest BCUT2D eigenvalue weighted by molar-refractivity contribution is 0.302. The number of hydrogen-bond acceptors (Lipinski definition) is 6. The molecule has 1 N–H and O–H groups in total. The van der Waals surface area contributed by atoms with Gasteiger partial charge in [0.15, 0.2) is 5.82 Å². The Hall–Kier alpha value is -2.76. The number of hydrogen-bond donors (Lipinski definition) is 1. The van der Waals surface area contributed by atoms with E-state index in [0.29, 0.717) is 18.3 Å². The zero-order chi connectivity index (χ0) is 14.8. The lowest BCUT2D eigenvalue weighted by Gasteiger charge is -2.15. The molecule has 1 aromatic carbocycles. The number of anilines is 1. The molecule has 3 rings (SSSR count). The molecule has 0 atom stereocenters. The Morgan fingerprint density at radius 3 is 2.81 bits per heavy atom. The molecule has 6 nitrogen and oxygen atoms in total. The first-order valence-electron chi connectivity index (χ1n) is 6.57. The van der Waals surface area contributed by atoms with E-state index in [2.05, 4.69) is 22.5 Å². The third-order valence-electron chi connectivity index (χ3n) is 3.32. The van der Waals surface area contributed by atoms with Crippen molar-refractivity contribution >= 4 is 5.88 Å². The fourth-order valence-corrected chi connectivity index (χ4v) is 2.08. The van der Waals surface area contributed by atoms with Gasteiger partial charge in [-0.15, -0.1) is 5.11 Å². The summed E-state index contributed by atoms with van der Waals surface area (Å²) in [6.45, 7) is 8.18. The van der Waals surface area contributed by atoms with Crippen molar-refractivity contribution in [3.8, 4) is 5.75 Å². The second-order valence-corrected chi connectivity index (χ2v) is 4.81. The molecule has 1 aromatic heterocycles. The summed E-state index contributed by atoms with van der Waals surface area (Å²) in [5.74, 6) is 1.92. The van der Waals surface area contributed by atoms with Crippen LogP contribution in [0.2, 0.25) is 0 Å². The van der Waals surface area contributed by atoms with E-state index in [4.69, 9.17) is 9.15 Å². The average Bonchev–Trinajstić information content (AvgIpc) is 3.04. The van der Waals surface area contributed by atoms with Gasteiger partial charge in [-0.25, -0.2) is 0 Å². The van der Waals surface area contributed by atoms with Crippen LogP contribution in [0.3, 0.4) is 0 Å². The zero-order valence-electron chi connectivity index (χ0n) is 12.0. The number of furan rings is 1. The third-order valence-corrected chi connectivity index (χ3v) is 3.32. The van der Waals surface area contributed by atoms with Gasteiger partial charge in [0.25, 0.3) is 0 Å². The number of nitrogens with zero attached hydrogens (tertiary/aromatic N) is 3. The van der Waals surface area contributed by atoms with Crippen molar-refractivity contribution in [1.82, 2.24) is 5.53 Å². The van der Waals surface area contributed by atoms with Crippen molar-refractivity contribution < 1.29 is 9.15 Å². The maximum Gasteiger partial charge on any atom is 0.228 e. The number of para-hydroxylation sites is 1. The largest absolute Gasteiger partial charge is 0.488 e. The van der Waals surface area contributed by atoms with Crippen LogP contribution in [0.4, 0.5) is 5.88 Å². The molecular weight excluding hydrogens is 268 g/mol. The Kier molecular flexibility index (Phi) is 3.35. The summed E-state index contributed by atoms with van der Waals surface area (Å²) < 4.78 is 11.5. The molecule has 0 saturated heterocycles. The van der Waals surface area contributed by atoms with Crippen LogP contribution in [0.5, 0.6) is 5.75 Å². The summed E-state index contributed by atoms with van der Waals surface area (Å²) >= 11 is 0. The quantitative estimate of drug-likeness (QED) is 0.931. The molecule has 0 amide bonds. The fraction of sp³-hybridized carbons (Fsp3) is 0.200. The van der Waals surface area contributed by atoms with E-state index in [1.807, 2.05) is 38.1 Å². The molecule has 0 saturated carbocycles. The van der Waals surface area contributed by atoms with E-state index in [-0.39, 0.29) is 0 Å². The lowest BCUT2D eigenvalue weighted by atomic mass is 10.2. The lowest BCUT2D eigenvalue weighted by Crippen LogP contribution is -2.28. The Morgan fingerprint density at radius 2 is 2.10 bits per heavy atom. The van der Waals surface area contributed by atoms with Gasteiger partial charge in [-0.2, -0.15) is 10.5 Å². The zero-order valence-corrected chi connectivity index (χ0v) is 12.0. The van der Waals surface area contributed by atoms with E-state index in [0.717, 1.165) is 22.4 Å². The van der Waals surface area contributed by atoms with Crippen LogP contribution in [-0.4, -0.2) is 0 Å². The standard InChI is InChI=1S/C15H16N4O2/c1-10-6-4-5-7-14(10)20-9-13-11(2)8-21-15(13)19-12(3)16-17-18-19/h4-8H,3,9H2,1-2H3,(H,16,18). The van der Waals surface area contributed by atoms with Gasteiger partial charge in [0.1, 0.15) is 12.4 Å². The Labute approximate surface area is 122 Å². The molecule has 2 aromatic rings. The number of aryl methyl sites for hydroxylation is 2. The van der Waals surface area contributed by atoms with Crippen molar-refractivity contribution in [2.75, 3.05) is 5.01 Å². The third kappa shape index (κ3) is 2.47. The summed E-state index contributed by atoms with van der Waals surface area (Å²) in [6.07, 6.45) is 1.68. The van der Waals surface area contributed by atoms with Crippen LogP contribution in [0.25, 0.3) is 0 Å². The molecule has 0 fully saturated rings. The molecule has 0 unspecified atom stereocenters. The highest BCUT2D eigenvalue weighted by Crippen LogP contribution is 2.30. The number of ether oxygens (including phenoxy) is 1. The SMILES string of the molecule is C=C1N=NNN1c1occ(C)c1COc1ccccc1C. The predicted octanol–water partition coefficient (Wildman–Crippen LogP) is 3.64. The van der Waals surface area contributed by atoms with Crippen LogP contribution in [0, 0.1) is 13.8 Å². The molecule has 0 spiro atoms. The van der Waals surface area contributed by atoms with Gasteiger partial charge in [-0.3, -0.25) is 0 Å². The Balaban J connectivity index is 1.81. The summed E-state index contributed by atoms with van der Waals surface area (Å²) in [7, 11) is 0. The number of benzene rings is 1. The van der Waals surface area contributed by atoms with E-state index >= 15 is 0 Å². The highest BCUT2D eigenvalue weighted by atomic mass is 16.5. The van der Waals surface area contributed by atoms with Gasteiger partial charge in [-0.05, 0) is 31.0 Å².